The summed E-state index contributed by atoms with van der Waals surface area (Å²) in [5, 5.41) is 7.07. The van der Waals surface area contributed by atoms with E-state index < -0.39 is 23.8 Å². The van der Waals surface area contributed by atoms with Gasteiger partial charge in [0, 0.05) is 16.1 Å². The molecule has 3 aromatic rings. The molecule has 0 bridgehead atoms. The summed E-state index contributed by atoms with van der Waals surface area (Å²) in [6.45, 7) is 3.62. The molecule has 1 heterocycles. The molecule has 0 aliphatic rings. The number of rotatable bonds is 8. The third kappa shape index (κ3) is 6.11. The van der Waals surface area contributed by atoms with Crippen molar-refractivity contribution >= 4 is 35.6 Å². The number of carbonyl (C=O) groups excluding carboxylic acids is 3. The van der Waals surface area contributed by atoms with Crippen LogP contribution in [0.15, 0.2) is 70.2 Å². The van der Waals surface area contributed by atoms with Crippen molar-refractivity contribution in [3.8, 4) is 11.3 Å². The summed E-state index contributed by atoms with van der Waals surface area (Å²) in [6, 6.07) is 15.9. The molecule has 0 saturated heterocycles. The van der Waals surface area contributed by atoms with E-state index in [0.29, 0.717) is 33.2 Å². The van der Waals surface area contributed by atoms with Crippen LogP contribution in [0.1, 0.15) is 40.3 Å². The van der Waals surface area contributed by atoms with Crippen LogP contribution in [0.5, 0.6) is 0 Å². The van der Waals surface area contributed by atoms with Crippen LogP contribution in [0, 0.1) is 5.92 Å². The molecule has 3 rings (SSSR count). The van der Waals surface area contributed by atoms with Crippen LogP contribution in [-0.2, 0) is 9.53 Å². The molecule has 9 heteroatoms. The molecule has 0 radical (unpaired) electrons. The number of hydrogen-bond acceptors (Lipinski definition) is 6. The normalized spacial score (nSPS) is 11.9. The standard InChI is InChI=1S/C25H24ClN3O5/c1-15(2)22(28-23(30)16-7-6-8-17(26)13-16)24(31)29-27-14-18-11-12-21(34-18)19-9-4-5-10-20(19)25(32)33-3/h4-15,22H,1-3H3,(H,28,30)(H,29,31)/b27-14-. The smallest absolute Gasteiger partial charge is 0.338 e. The Morgan fingerprint density at radius 3 is 2.53 bits per heavy atom. The fourth-order valence-corrected chi connectivity index (χ4v) is 3.36. The Morgan fingerprint density at radius 2 is 1.82 bits per heavy atom. The summed E-state index contributed by atoms with van der Waals surface area (Å²) in [5.74, 6) is -0.760. The first kappa shape index (κ1) is 24.7. The van der Waals surface area contributed by atoms with Gasteiger partial charge >= 0.3 is 5.97 Å². The molecule has 176 valence electrons. The van der Waals surface area contributed by atoms with Crippen molar-refractivity contribution in [3.05, 3.63) is 82.6 Å². The molecule has 2 amide bonds. The number of carbonyl (C=O) groups is 3. The van der Waals surface area contributed by atoms with Gasteiger partial charge in [-0.2, -0.15) is 5.10 Å². The number of esters is 1. The van der Waals surface area contributed by atoms with Crippen molar-refractivity contribution in [3.63, 3.8) is 0 Å². The fraction of sp³-hybridized carbons (Fsp3) is 0.200. The molecule has 0 fully saturated rings. The minimum absolute atomic E-state index is 0.191. The Morgan fingerprint density at radius 1 is 1.06 bits per heavy atom. The van der Waals surface area contributed by atoms with E-state index in [1.54, 1.807) is 54.6 Å². The number of amides is 2. The van der Waals surface area contributed by atoms with E-state index >= 15 is 0 Å². The molecule has 1 aromatic heterocycles. The van der Waals surface area contributed by atoms with E-state index in [0.717, 1.165) is 0 Å². The summed E-state index contributed by atoms with van der Waals surface area (Å²) in [4.78, 5) is 37.1. The van der Waals surface area contributed by atoms with Gasteiger partial charge in [-0.25, -0.2) is 10.2 Å². The lowest BCUT2D eigenvalue weighted by molar-refractivity contribution is -0.123. The molecule has 1 atom stereocenters. The van der Waals surface area contributed by atoms with Crippen LogP contribution in [0.2, 0.25) is 5.02 Å². The zero-order valence-corrected chi connectivity index (χ0v) is 19.6. The Balaban J connectivity index is 1.67. The van der Waals surface area contributed by atoms with Gasteiger partial charge in [-0.3, -0.25) is 9.59 Å². The number of ether oxygens (including phenoxy) is 1. The van der Waals surface area contributed by atoms with Crippen molar-refractivity contribution < 1.29 is 23.5 Å². The van der Waals surface area contributed by atoms with Gasteiger partial charge in [-0.05, 0) is 42.3 Å². The quantitative estimate of drug-likeness (QED) is 0.283. The van der Waals surface area contributed by atoms with Gasteiger partial charge in [-0.1, -0.05) is 49.7 Å². The highest BCUT2D eigenvalue weighted by Gasteiger charge is 2.24. The number of nitrogens with zero attached hydrogens (tertiary/aromatic N) is 1. The Hall–Kier alpha value is -3.91. The number of nitrogens with one attached hydrogen (secondary N) is 2. The van der Waals surface area contributed by atoms with Crippen LogP contribution in [0.3, 0.4) is 0 Å². The third-order valence-electron chi connectivity index (χ3n) is 4.91. The zero-order chi connectivity index (χ0) is 24.7. The molecule has 2 N–H and O–H groups in total. The number of hydrogen-bond donors (Lipinski definition) is 2. The summed E-state index contributed by atoms with van der Waals surface area (Å²) in [6.07, 6.45) is 1.33. The van der Waals surface area contributed by atoms with Crippen molar-refractivity contribution in [1.82, 2.24) is 10.7 Å². The van der Waals surface area contributed by atoms with E-state index in [1.165, 1.54) is 19.4 Å². The third-order valence-corrected chi connectivity index (χ3v) is 5.15. The minimum Gasteiger partial charge on any atom is -0.465 e. The largest absolute Gasteiger partial charge is 0.465 e. The number of benzene rings is 2. The maximum atomic E-state index is 12.6. The number of furan rings is 1. The molecule has 8 nitrogen and oxygen atoms in total. The number of halogens is 1. The lowest BCUT2D eigenvalue weighted by Gasteiger charge is -2.20. The van der Waals surface area contributed by atoms with Gasteiger partial charge < -0.3 is 14.5 Å². The average molecular weight is 482 g/mol. The highest BCUT2D eigenvalue weighted by molar-refractivity contribution is 6.31. The highest BCUT2D eigenvalue weighted by Crippen LogP contribution is 2.26. The van der Waals surface area contributed by atoms with Crippen LogP contribution in [0.25, 0.3) is 11.3 Å². The molecule has 0 saturated carbocycles. The monoisotopic (exact) mass is 481 g/mol. The maximum Gasteiger partial charge on any atom is 0.338 e. The van der Waals surface area contributed by atoms with Gasteiger partial charge in [0.2, 0.25) is 0 Å². The first-order chi connectivity index (χ1) is 16.3. The highest BCUT2D eigenvalue weighted by atomic mass is 35.5. The van der Waals surface area contributed by atoms with Crippen LogP contribution in [0.4, 0.5) is 0 Å². The molecule has 2 aromatic carbocycles. The van der Waals surface area contributed by atoms with E-state index in [1.807, 2.05) is 13.8 Å². The summed E-state index contributed by atoms with van der Waals surface area (Å²) >= 11 is 5.94. The van der Waals surface area contributed by atoms with Crippen LogP contribution < -0.4 is 10.7 Å². The molecule has 34 heavy (non-hydrogen) atoms. The summed E-state index contributed by atoms with van der Waals surface area (Å²) < 4.78 is 10.5. The molecule has 0 aliphatic heterocycles. The van der Waals surface area contributed by atoms with Crippen molar-refractivity contribution in [2.24, 2.45) is 11.0 Å². The SMILES string of the molecule is COC(=O)c1ccccc1-c1ccc(/C=N\NC(=O)C(NC(=O)c2cccc(Cl)c2)C(C)C)o1. The lowest BCUT2D eigenvalue weighted by Crippen LogP contribution is -2.48. The van der Waals surface area contributed by atoms with Gasteiger partial charge in [-0.15, -0.1) is 0 Å². The van der Waals surface area contributed by atoms with E-state index in [4.69, 9.17) is 20.8 Å². The molecule has 0 aliphatic carbocycles. The minimum atomic E-state index is -0.817. The van der Waals surface area contributed by atoms with E-state index in [9.17, 15) is 14.4 Å². The average Bonchev–Trinajstić information content (AvgIpc) is 3.30. The molecule has 1 unspecified atom stereocenters. The maximum absolute atomic E-state index is 12.6. The second-order valence-corrected chi connectivity index (χ2v) is 8.12. The van der Waals surface area contributed by atoms with Crippen LogP contribution in [-0.4, -0.2) is 37.1 Å². The Bertz CT molecular complexity index is 1220. The topological polar surface area (TPSA) is 110 Å². The summed E-state index contributed by atoms with van der Waals surface area (Å²) in [5.41, 5.74) is 3.71. The first-order valence-corrected chi connectivity index (χ1v) is 10.8. The van der Waals surface area contributed by atoms with Crippen LogP contribution >= 0.6 is 11.6 Å². The Labute approximate surface area is 201 Å². The predicted molar refractivity (Wildman–Crippen MR) is 129 cm³/mol. The van der Waals surface area contributed by atoms with Gasteiger partial charge in [0.25, 0.3) is 11.8 Å². The summed E-state index contributed by atoms with van der Waals surface area (Å²) in [7, 11) is 1.31. The second-order valence-electron chi connectivity index (χ2n) is 7.68. The second kappa shape index (κ2) is 11.3. The fourth-order valence-electron chi connectivity index (χ4n) is 3.17. The zero-order valence-electron chi connectivity index (χ0n) is 18.9. The molecular formula is C25H24ClN3O5. The predicted octanol–water partition coefficient (Wildman–Crippen LogP) is 4.29. The van der Waals surface area contributed by atoms with E-state index in [-0.39, 0.29) is 5.92 Å². The number of hydrazone groups is 1. The van der Waals surface area contributed by atoms with Crippen molar-refractivity contribution in [1.29, 1.82) is 0 Å². The van der Waals surface area contributed by atoms with Gasteiger partial charge in [0.1, 0.15) is 17.6 Å². The Kier molecular flexibility index (Phi) is 8.21. The lowest BCUT2D eigenvalue weighted by atomic mass is 10.0. The number of methoxy groups -OCH3 is 1. The van der Waals surface area contributed by atoms with Gasteiger partial charge in [0.15, 0.2) is 0 Å². The molecular weight excluding hydrogens is 458 g/mol. The first-order valence-electron chi connectivity index (χ1n) is 10.5. The van der Waals surface area contributed by atoms with Crippen molar-refractivity contribution in [2.45, 2.75) is 19.9 Å². The van der Waals surface area contributed by atoms with Crippen molar-refractivity contribution in [2.75, 3.05) is 7.11 Å². The van der Waals surface area contributed by atoms with Gasteiger partial charge in [0.05, 0.1) is 18.9 Å². The molecule has 0 spiro atoms. The van der Waals surface area contributed by atoms with E-state index in [2.05, 4.69) is 15.8 Å².